The molecule has 1 saturated heterocycles. The lowest BCUT2D eigenvalue weighted by atomic mass is 10.1. The Balaban J connectivity index is 1.40. The highest BCUT2D eigenvalue weighted by Crippen LogP contribution is 2.31. The lowest BCUT2D eigenvalue weighted by Gasteiger charge is -2.31. The molecule has 1 aliphatic rings. The van der Waals surface area contributed by atoms with Gasteiger partial charge in [-0.15, -0.1) is 11.3 Å². The molecule has 0 bridgehead atoms. The summed E-state index contributed by atoms with van der Waals surface area (Å²) in [6.07, 6.45) is 1.65. The molecule has 1 fully saturated rings. The van der Waals surface area contributed by atoms with Gasteiger partial charge in [0.15, 0.2) is 15.0 Å². The largest absolute Gasteiger partial charge is 0.496 e. The van der Waals surface area contributed by atoms with E-state index in [0.717, 1.165) is 22.1 Å². The number of para-hydroxylation sites is 1. The second-order valence-corrected chi connectivity index (χ2v) is 10.7. The molecule has 0 saturated carbocycles. The van der Waals surface area contributed by atoms with E-state index in [0.29, 0.717) is 32.4 Å². The smallest absolute Gasteiger partial charge is 0.269 e. The van der Waals surface area contributed by atoms with Gasteiger partial charge in [0.1, 0.15) is 5.75 Å². The number of anilines is 1. The summed E-state index contributed by atoms with van der Waals surface area (Å²) in [6.45, 7) is 1.19. The highest BCUT2D eigenvalue weighted by Gasteiger charge is 2.32. The Bertz CT molecular complexity index is 1200. The molecule has 2 aromatic carbocycles. The van der Waals surface area contributed by atoms with Crippen LogP contribution in [0.2, 0.25) is 0 Å². The Hall–Kier alpha value is -2.98. The standard InChI is InChI=1S/C22H23N3O5S2/c1-30-21-5-3-2-4-16(21)14-17-15-31-22(23-17)24-12-10-20(11-13-24)32(28,29)19-8-6-18(7-9-19)25(26)27/h2-9,15,20H,10-14H2,1H3. The number of thiazole rings is 1. The van der Waals surface area contributed by atoms with E-state index in [-0.39, 0.29) is 10.6 Å². The number of nitro benzene ring substituents is 1. The van der Waals surface area contributed by atoms with Crippen LogP contribution in [0.25, 0.3) is 0 Å². The first kappa shape index (κ1) is 22.2. The van der Waals surface area contributed by atoms with Crippen LogP contribution in [0.1, 0.15) is 24.1 Å². The van der Waals surface area contributed by atoms with E-state index in [2.05, 4.69) is 4.90 Å². The zero-order valence-electron chi connectivity index (χ0n) is 17.5. The van der Waals surface area contributed by atoms with Crippen LogP contribution < -0.4 is 9.64 Å². The molecular weight excluding hydrogens is 450 g/mol. The molecule has 0 radical (unpaired) electrons. The van der Waals surface area contributed by atoms with Gasteiger partial charge in [-0.25, -0.2) is 13.4 Å². The molecule has 1 aliphatic heterocycles. The summed E-state index contributed by atoms with van der Waals surface area (Å²) < 4.78 is 31.3. The van der Waals surface area contributed by atoms with Crippen LogP contribution >= 0.6 is 11.3 Å². The molecule has 4 rings (SSSR count). The van der Waals surface area contributed by atoms with Gasteiger partial charge >= 0.3 is 0 Å². The van der Waals surface area contributed by atoms with Crippen LogP contribution in [0.3, 0.4) is 0 Å². The van der Waals surface area contributed by atoms with E-state index in [4.69, 9.17) is 9.72 Å². The quantitative estimate of drug-likeness (QED) is 0.376. The van der Waals surface area contributed by atoms with Crippen molar-refractivity contribution in [1.82, 2.24) is 4.98 Å². The Morgan fingerprint density at radius 1 is 1.16 bits per heavy atom. The Morgan fingerprint density at radius 3 is 2.50 bits per heavy atom. The van der Waals surface area contributed by atoms with E-state index in [1.165, 1.54) is 24.3 Å². The van der Waals surface area contributed by atoms with Crippen molar-refractivity contribution in [2.24, 2.45) is 0 Å². The molecule has 10 heteroatoms. The predicted molar refractivity (Wildman–Crippen MR) is 123 cm³/mol. The number of nitro groups is 1. The Labute approximate surface area is 190 Å². The highest BCUT2D eigenvalue weighted by atomic mass is 32.2. The highest BCUT2D eigenvalue weighted by molar-refractivity contribution is 7.92. The number of rotatable bonds is 7. The normalized spacial score (nSPS) is 15.0. The van der Waals surface area contributed by atoms with Gasteiger partial charge < -0.3 is 9.64 Å². The molecule has 0 N–H and O–H groups in total. The number of ether oxygens (including phenoxy) is 1. The van der Waals surface area contributed by atoms with Crippen LogP contribution in [-0.4, -0.2) is 43.8 Å². The number of sulfone groups is 1. The minimum atomic E-state index is -3.53. The third kappa shape index (κ3) is 4.61. The average molecular weight is 474 g/mol. The second kappa shape index (κ2) is 9.25. The van der Waals surface area contributed by atoms with Gasteiger partial charge in [0, 0.05) is 42.6 Å². The number of methoxy groups -OCH3 is 1. The Kier molecular flexibility index (Phi) is 6.43. The molecule has 1 aromatic heterocycles. The van der Waals surface area contributed by atoms with Crippen molar-refractivity contribution >= 4 is 32.0 Å². The third-order valence-corrected chi connectivity index (χ3v) is 8.86. The summed E-state index contributed by atoms with van der Waals surface area (Å²) in [5, 5.41) is 13.2. The summed E-state index contributed by atoms with van der Waals surface area (Å²) >= 11 is 1.56. The van der Waals surface area contributed by atoms with Crippen molar-refractivity contribution < 1.29 is 18.1 Å². The molecule has 2 heterocycles. The summed E-state index contributed by atoms with van der Waals surface area (Å²) in [4.78, 5) is 17.3. The van der Waals surface area contributed by atoms with Gasteiger partial charge in [-0.05, 0) is 31.0 Å². The van der Waals surface area contributed by atoms with Gasteiger partial charge in [-0.2, -0.15) is 0 Å². The topological polar surface area (TPSA) is 103 Å². The fraction of sp³-hybridized carbons (Fsp3) is 0.318. The first-order chi connectivity index (χ1) is 15.4. The zero-order chi connectivity index (χ0) is 22.7. The molecule has 32 heavy (non-hydrogen) atoms. The van der Waals surface area contributed by atoms with Crippen LogP contribution in [0.5, 0.6) is 5.75 Å². The number of aromatic nitrogens is 1. The van der Waals surface area contributed by atoms with Crippen molar-refractivity contribution in [1.29, 1.82) is 0 Å². The van der Waals surface area contributed by atoms with Crippen molar-refractivity contribution in [2.45, 2.75) is 29.4 Å². The minimum absolute atomic E-state index is 0.119. The maximum atomic E-state index is 13.0. The molecule has 0 spiro atoms. The van der Waals surface area contributed by atoms with E-state index in [9.17, 15) is 18.5 Å². The van der Waals surface area contributed by atoms with E-state index < -0.39 is 20.0 Å². The van der Waals surface area contributed by atoms with Crippen LogP contribution in [0, 0.1) is 10.1 Å². The number of benzene rings is 2. The lowest BCUT2D eigenvalue weighted by Crippen LogP contribution is -2.39. The monoisotopic (exact) mass is 473 g/mol. The summed E-state index contributed by atoms with van der Waals surface area (Å²) in [6, 6.07) is 13.0. The second-order valence-electron chi connectivity index (χ2n) is 7.59. The van der Waals surface area contributed by atoms with Crippen molar-refractivity contribution in [3.63, 3.8) is 0 Å². The van der Waals surface area contributed by atoms with Crippen molar-refractivity contribution in [3.05, 3.63) is 75.3 Å². The van der Waals surface area contributed by atoms with Crippen LogP contribution in [-0.2, 0) is 16.3 Å². The fourth-order valence-corrected chi connectivity index (χ4v) is 6.49. The molecular formula is C22H23N3O5S2. The number of nitrogens with zero attached hydrogens (tertiary/aromatic N) is 3. The summed E-state index contributed by atoms with van der Waals surface area (Å²) in [5.41, 5.74) is 1.90. The Morgan fingerprint density at radius 2 is 1.84 bits per heavy atom. The number of non-ortho nitro benzene ring substituents is 1. The molecule has 8 nitrogen and oxygen atoms in total. The summed E-state index contributed by atoms with van der Waals surface area (Å²) in [5.74, 6) is 0.833. The van der Waals surface area contributed by atoms with Crippen LogP contribution in [0.4, 0.5) is 10.8 Å². The van der Waals surface area contributed by atoms with Crippen molar-refractivity contribution in [3.8, 4) is 5.75 Å². The van der Waals surface area contributed by atoms with Gasteiger partial charge in [0.2, 0.25) is 0 Å². The molecule has 0 aliphatic carbocycles. The number of hydrogen-bond acceptors (Lipinski definition) is 8. The lowest BCUT2D eigenvalue weighted by molar-refractivity contribution is -0.384. The number of piperidine rings is 1. The maximum Gasteiger partial charge on any atom is 0.269 e. The van der Waals surface area contributed by atoms with E-state index in [1.54, 1.807) is 18.4 Å². The first-order valence-electron chi connectivity index (χ1n) is 10.2. The van der Waals surface area contributed by atoms with E-state index in [1.807, 2.05) is 29.6 Å². The first-order valence-corrected chi connectivity index (χ1v) is 12.6. The van der Waals surface area contributed by atoms with Gasteiger partial charge in [-0.3, -0.25) is 10.1 Å². The SMILES string of the molecule is COc1ccccc1Cc1csc(N2CCC(S(=O)(=O)c3ccc([N+](=O)[O-])cc3)CC2)n1. The van der Waals surface area contributed by atoms with E-state index >= 15 is 0 Å². The number of hydrogen-bond donors (Lipinski definition) is 0. The van der Waals surface area contributed by atoms with Gasteiger partial charge in [-0.1, -0.05) is 18.2 Å². The van der Waals surface area contributed by atoms with Gasteiger partial charge in [0.05, 0.1) is 27.9 Å². The zero-order valence-corrected chi connectivity index (χ0v) is 19.1. The third-order valence-electron chi connectivity index (χ3n) is 5.63. The summed E-state index contributed by atoms with van der Waals surface area (Å²) in [7, 11) is -1.88. The van der Waals surface area contributed by atoms with Gasteiger partial charge in [0.25, 0.3) is 5.69 Å². The fourth-order valence-electron chi connectivity index (χ4n) is 3.87. The van der Waals surface area contributed by atoms with Crippen LogP contribution in [0.15, 0.2) is 58.8 Å². The molecule has 0 unspecified atom stereocenters. The molecule has 0 atom stereocenters. The molecule has 0 amide bonds. The average Bonchev–Trinajstić information content (AvgIpc) is 3.28. The molecule has 168 valence electrons. The molecule has 3 aromatic rings. The van der Waals surface area contributed by atoms with Crippen molar-refractivity contribution in [2.75, 3.05) is 25.1 Å². The minimum Gasteiger partial charge on any atom is -0.496 e. The maximum absolute atomic E-state index is 13.0. The predicted octanol–water partition coefficient (Wildman–Crippen LogP) is 4.09.